The molecule has 0 aliphatic carbocycles. The summed E-state index contributed by atoms with van der Waals surface area (Å²) in [5.74, 6) is 0.0664. The molecule has 5 heteroatoms. The Balaban J connectivity index is 2.01. The molecule has 2 unspecified atom stereocenters. The highest BCUT2D eigenvalue weighted by Gasteiger charge is 2.22. The Kier molecular flexibility index (Phi) is 8.05. The summed E-state index contributed by atoms with van der Waals surface area (Å²) in [6.45, 7) is 10.3. The number of ether oxygens (including phenoxy) is 4. The van der Waals surface area contributed by atoms with Gasteiger partial charge in [-0.2, -0.15) is 0 Å². The van der Waals surface area contributed by atoms with Crippen molar-refractivity contribution < 1.29 is 18.9 Å². The van der Waals surface area contributed by atoms with Gasteiger partial charge in [0.15, 0.2) is 0 Å². The molecule has 2 atom stereocenters. The molecule has 0 amide bonds. The molecule has 0 aromatic heterocycles. The van der Waals surface area contributed by atoms with Gasteiger partial charge in [0.05, 0.1) is 13.2 Å². The second kappa shape index (κ2) is 9.05. The van der Waals surface area contributed by atoms with Crippen LogP contribution >= 0.6 is 0 Å². The minimum Gasteiger partial charge on any atom is -0.379 e. The Bertz CT molecular complexity index is 181. The first-order valence-electron chi connectivity index (χ1n) is 6.70. The van der Waals surface area contributed by atoms with Gasteiger partial charge in [0.2, 0.25) is 0 Å². The van der Waals surface area contributed by atoms with Gasteiger partial charge in [0.25, 0.3) is 0 Å². The van der Waals surface area contributed by atoms with Crippen molar-refractivity contribution in [2.45, 2.75) is 44.9 Å². The number of hydrogen-bond acceptors (Lipinski definition) is 4. The smallest absolute Gasteiger partial charge is 0.138 e. The van der Waals surface area contributed by atoms with E-state index >= 15 is 0 Å². The molecule has 1 fully saturated rings. The number of epoxide rings is 1. The lowest BCUT2D eigenvalue weighted by Gasteiger charge is -2.22. The third-order valence-corrected chi connectivity index (χ3v) is 5.41. The van der Waals surface area contributed by atoms with Gasteiger partial charge in [-0.3, -0.25) is 0 Å². The molecule has 4 nitrogen and oxygen atoms in total. The molecule has 0 radical (unpaired) electrons. The molecule has 1 rings (SSSR count). The summed E-state index contributed by atoms with van der Waals surface area (Å²) in [7, 11) is -0.960. The molecular formula is C12H26O4Si. The van der Waals surface area contributed by atoms with Crippen molar-refractivity contribution in [1.29, 1.82) is 0 Å². The lowest BCUT2D eigenvalue weighted by Crippen LogP contribution is -2.33. The molecule has 1 heterocycles. The number of rotatable bonds is 11. The van der Waals surface area contributed by atoms with Crippen LogP contribution in [0.1, 0.15) is 20.3 Å². The first-order chi connectivity index (χ1) is 8.27. The van der Waals surface area contributed by atoms with Gasteiger partial charge in [-0.05, 0) is 20.3 Å². The average molecular weight is 262 g/mol. The molecule has 17 heavy (non-hydrogen) atoms. The van der Waals surface area contributed by atoms with Gasteiger partial charge in [-0.15, -0.1) is 0 Å². The fourth-order valence-electron chi connectivity index (χ4n) is 1.73. The minimum atomic E-state index is -0.960. The van der Waals surface area contributed by atoms with Crippen molar-refractivity contribution in [3.8, 4) is 0 Å². The van der Waals surface area contributed by atoms with Crippen molar-refractivity contribution in [2.75, 3.05) is 33.0 Å². The van der Waals surface area contributed by atoms with Gasteiger partial charge in [0, 0.05) is 19.8 Å². The quantitative estimate of drug-likeness (QED) is 0.245. The van der Waals surface area contributed by atoms with E-state index in [1.165, 1.54) is 6.04 Å². The molecule has 102 valence electrons. The zero-order valence-electron chi connectivity index (χ0n) is 11.3. The van der Waals surface area contributed by atoms with E-state index in [-0.39, 0.29) is 5.91 Å². The van der Waals surface area contributed by atoms with Crippen LogP contribution in [0.2, 0.25) is 12.6 Å². The van der Waals surface area contributed by atoms with E-state index in [9.17, 15) is 0 Å². The van der Waals surface area contributed by atoms with Crippen LogP contribution < -0.4 is 0 Å². The van der Waals surface area contributed by atoms with Crippen molar-refractivity contribution in [3.05, 3.63) is 0 Å². The van der Waals surface area contributed by atoms with Crippen molar-refractivity contribution in [1.82, 2.24) is 0 Å². The first-order valence-corrected chi connectivity index (χ1v) is 9.34. The Morgan fingerprint density at radius 3 is 2.47 bits per heavy atom. The Labute approximate surface area is 106 Å². The highest BCUT2D eigenvalue weighted by molar-refractivity contribution is 6.58. The van der Waals surface area contributed by atoms with Gasteiger partial charge in [-0.1, -0.05) is 12.6 Å². The van der Waals surface area contributed by atoms with Crippen molar-refractivity contribution in [3.63, 3.8) is 0 Å². The predicted molar refractivity (Wildman–Crippen MR) is 70.0 cm³/mol. The summed E-state index contributed by atoms with van der Waals surface area (Å²) in [6.07, 6.45) is 1.49. The van der Waals surface area contributed by atoms with E-state index in [0.717, 1.165) is 39.5 Å². The Morgan fingerprint density at radius 1 is 1.29 bits per heavy atom. The topological polar surface area (TPSA) is 40.2 Å². The molecule has 1 aliphatic rings. The Hall–Kier alpha value is 0.0569. The van der Waals surface area contributed by atoms with Gasteiger partial charge in [0.1, 0.15) is 20.8 Å². The molecule has 1 aliphatic heterocycles. The van der Waals surface area contributed by atoms with Crippen LogP contribution in [-0.2, 0) is 18.9 Å². The summed E-state index contributed by atoms with van der Waals surface area (Å²) in [5, 5.41) is 0. The third kappa shape index (κ3) is 7.16. The molecule has 0 N–H and O–H groups in total. The predicted octanol–water partition coefficient (Wildman–Crippen LogP) is 1.59. The SMILES string of the molecule is CCOC(OCC)[SiH](C)CCCOCC1CO1. The van der Waals surface area contributed by atoms with Crippen LogP contribution in [0.25, 0.3) is 0 Å². The van der Waals surface area contributed by atoms with Gasteiger partial charge in [-0.25, -0.2) is 0 Å². The molecule has 0 saturated carbocycles. The molecule has 0 aromatic rings. The van der Waals surface area contributed by atoms with E-state index in [2.05, 4.69) is 6.55 Å². The molecule has 0 aromatic carbocycles. The fraction of sp³-hybridized carbons (Fsp3) is 1.00. The molecular weight excluding hydrogens is 236 g/mol. The monoisotopic (exact) mass is 262 g/mol. The third-order valence-electron chi connectivity index (χ3n) is 2.78. The van der Waals surface area contributed by atoms with E-state index in [4.69, 9.17) is 18.9 Å². The summed E-state index contributed by atoms with van der Waals surface area (Å²) in [6, 6.07) is 1.20. The zero-order chi connectivity index (χ0) is 12.5. The van der Waals surface area contributed by atoms with E-state index in [0.29, 0.717) is 6.10 Å². The second-order valence-electron chi connectivity index (χ2n) is 4.43. The van der Waals surface area contributed by atoms with Crippen LogP contribution in [0, 0.1) is 0 Å². The first kappa shape index (κ1) is 15.1. The van der Waals surface area contributed by atoms with E-state index in [1.54, 1.807) is 0 Å². The van der Waals surface area contributed by atoms with Crippen molar-refractivity contribution >= 4 is 8.80 Å². The summed E-state index contributed by atoms with van der Waals surface area (Å²) < 4.78 is 21.9. The highest BCUT2D eigenvalue weighted by atomic mass is 28.3. The maximum absolute atomic E-state index is 5.63. The van der Waals surface area contributed by atoms with Crippen molar-refractivity contribution in [2.24, 2.45) is 0 Å². The minimum absolute atomic E-state index is 0.0664. The van der Waals surface area contributed by atoms with Crippen LogP contribution in [-0.4, -0.2) is 53.8 Å². The lowest BCUT2D eigenvalue weighted by molar-refractivity contribution is -0.0854. The molecule has 0 bridgehead atoms. The highest BCUT2D eigenvalue weighted by Crippen LogP contribution is 2.11. The van der Waals surface area contributed by atoms with E-state index < -0.39 is 8.80 Å². The second-order valence-corrected chi connectivity index (χ2v) is 7.51. The van der Waals surface area contributed by atoms with Crippen LogP contribution in [0.4, 0.5) is 0 Å². The maximum Gasteiger partial charge on any atom is 0.138 e. The average Bonchev–Trinajstić information content (AvgIpc) is 3.12. The van der Waals surface area contributed by atoms with Crippen LogP contribution in [0.3, 0.4) is 0 Å². The maximum atomic E-state index is 5.63. The largest absolute Gasteiger partial charge is 0.379 e. The number of hydrogen-bond donors (Lipinski definition) is 0. The van der Waals surface area contributed by atoms with Crippen LogP contribution in [0.15, 0.2) is 0 Å². The standard InChI is InChI=1S/C12H26O4Si/c1-4-14-12(15-5-2)17(3)8-6-7-13-9-11-10-16-11/h11-12,17H,4-10H2,1-3H3. The van der Waals surface area contributed by atoms with Gasteiger partial charge < -0.3 is 18.9 Å². The summed E-state index contributed by atoms with van der Waals surface area (Å²) in [5.41, 5.74) is 0. The molecule has 1 saturated heterocycles. The van der Waals surface area contributed by atoms with Gasteiger partial charge >= 0.3 is 0 Å². The molecule has 0 spiro atoms. The summed E-state index contributed by atoms with van der Waals surface area (Å²) >= 11 is 0. The Morgan fingerprint density at radius 2 is 1.94 bits per heavy atom. The summed E-state index contributed by atoms with van der Waals surface area (Å²) in [4.78, 5) is 0. The normalized spacial score (nSPS) is 20.8. The zero-order valence-corrected chi connectivity index (χ0v) is 12.5. The van der Waals surface area contributed by atoms with Crippen LogP contribution in [0.5, 0.6) is 0 Å². The lowest BCUT2D eigenvalue weighted by atomic mass is 10.5. The van der Waals surface area contributed by atoms with E-state index in [1.807, 2.05) is 13.8 Å². The fourth-order valence-corrected chi connectivity index (χ4v) is 3.85.